The van der Waals surface area contributed by atoms with Gasteiger partial charge in [0.05, 0.1) is 5.41 Å². The highest BCUT2D eigenvalue weighted by atomic mass is 16.7. The van der Waals surface area contributed by atoms with Crippen LogP contribution >= 0.6 is 0 Å². The molecule has 1 aromatic carbocycles. The Morgan fingerprint density at radius 2 is 1.68 bits per heavy atom. The number of nitrogens with one attached hydrogen (secondary N) is 1. The molecular weight excluding hydrogens is 286 g/mol. The van der Waals surface area contributed by atoms with Crippen molar-refractivity contribution < 1.29 is 23.9 Å². The van der Waals surface area contributed by atoms with Crippen LogP contribution in [0.3, 0.4) is 0 Å². The van der Waals surface area contributed by atoms with Crippen molar-refractivity contribution in [2.45, 2.75) is 40.5 Å². The summed E-state index contributed by atoms with van der Waals surface area (Å²) < 4.78 is 9.75. The molecule has 1 atom stereocenters. The first-order valence-electron chi connectivity index (χ1n) is 6.90. The highest BCUT2D eigenvalue weighted by Gasteiger charge is 2.31. The van der Waals surface area contributed by atoms with E-state index in [-0.39, 0.29) is 6.54 Å². The molecule has 1 aromatic rings. The maximum Gasteiger partial charge on any atom is 0.326 e. The summed E-state index contributed by atoms with van der Waals surface area (Å²) in [4.78, 5) is 35.0. The quantitative estimate of drug-likeness (QED) is 0.662. The highest BCUT2D eigenvalue weighted by Crippen LogP contribution is 2.17. The second kappa shape index (κ2) is 7.59. The zero-order valence-corrected chi connectivity index (χ0v) is 13.2. The Labute approximate surface area is 129 Å². The molecule has 0 saturated carbocycles. The van der Waals surface area contributed by atoms with E-state index < -0.39 is 29.6 Å². The first kappa shape index (κ1) is 17.7. The molecule has 0 aliphatic rings. The Morgan fingerprint density at radius 1 is 1.09 bits per heavy atom. The average molecular weight is 307 g/mol. The molecule has 0 aliphatic carbocycles. The zero-order valence-electron chi connectivity index (χ0n) is 13.2. The molecule has 1 rings (SSSR count). The minimum Gasteiger partial charge on any atom is -0.416 e. The fourth-order valence-electron chi connectivity index (χ4n) is 1.42. The number of ether oxygens (including phenoxy) is 2. The largest absolute Gasteiger partial charge is 0.416 e. The lowest BCUT2D eigenvalue weighted by molar-refractivity contribution is -0.196. The molecule has 22 heavy (non-hydrogen) atoms. The van der Waals surface area contributed by atoms with Crippen LogP contribution in [-0.4, -0.2) is 24.1 Å². The average Bonchev–Trinajstić information content (AvgIpc) is 2.43. The number of hydrogen-bond acceptors (Lipinski definition) is 5. The van der Waals surface area contributed by atoms with E-state index in [0.717, 1.165) is 12.5 Å². The van der Waals surface area contributed by atoms with Crippen molar-refractivity contribution in [2.24, 2.45) is 5.41 Å². The molecule has 0 bridgehead atoms. The van der Waals surface area contributed by atoms with Gasteiger partial charge < -0.3 is 14.8 Å². The van der Waals surface area contributed by atoms with Gasteiger partial charge in [0, 0.05) is 13.5 Å². The lowest BCUT2D eigenvalue weighted by Crippen LogP contribution is -2.42. The van der Waals surface area contributed by atoms with Gasteiger partial charge in [0.1, 0.15) is 0 Å². The summed E-state index contributed by atoms with van der Waals surface area (Å²) in [5, 5.41) is 2.57. The third-order valence-electron chi connectivity index (χ3n) is 2.62. The molecule has 0 spiro atoms. The van der Waals surface area contributed by atoms with Crippen molar-refractivity contribution in [3.8, 4) is 0 Å². The first-order valence-corrected chi connectivity index (χ1v) is 6.90. The van der Waals surface area contributed by atoms with Crippen molar-refractivity contribution in [2.75, 3.05) is 0 Å². The topological polar surface area (TPSA) is 81.7 Å². The van der Waals surface area contributed by atoms with Gasteiger partial charge in [-0.25, -0.2) is 0 Å². The van der Waals surface area contributed by atoms with Gasteiger partial charge in [-0.1, -0.05) is 30.3 Å². The SMILES string of the molecule is CC(=O)OC(OC(=O)C(C)(C)C)C(=O)NCc1ccccc1. The number of hydrogen-bond donors (Lipinski definition) is 1. The standard InChI is InChI=1S/C16H21NO5/c1-11(18)21-14(22-15(20)16(2,3)4)13(19)17-10-12-8-6-5-7-9-12/h5-9,14H,10H2,1-4H3,(H,17,19). The van der Waals surface area contributed by atoms with Crippen LogP contribution in [0.4, 0.5) is 0 Å². The number of rotatable bonds is 5. The van der Waals surface area contributed by atoms with Crippen LogP contribution in [0.15, 0.2) is 30.3 Å². The van der Waals surface area contributed by atoms with Gasteiger partial charge in [0.15, 0.2) is 0 Å². The van der Waals surface area contributed by atoms with Crippen LogP contribution in [-0.2, 0) is 30.4 Å². The molecule has 6 nitrogen and oxygen atoms in total. The number of esters is 2. The molecular formula is C16H21NO5. The van der Waals surface area contributed by atoms with E-state index in [0.29, 0.717) is 0 Å². The van der Waals surface area contributed by atoms with Gasteiger partial charge >= 0.3 is 24.1 Å². The van der Waals surface area contributed by atoms with Crippen molar-refractivity contribution in [1.29, 1.82) is 0 Å². The normalized spacial score (nSPS) is 12.2. The van der Waals surface area contributed by atoms with Crippen molar-refractivity contribution in [3.63, 3.8) is 0 Å². The van der Waals surface area contributed by atoms with Gasteiger partial charge in [0.25, 0.3) is 0 Å². The number of carbonyl (C=O) groups excluding carboxylic acids is 3. The molecule has 0 aromatic heterocycles. The number of carbonyl (C=O) groups is 3. The third-order valence-corrected chi connectivity index (χ3v) is 2.62. The van der Waals surface area contributed by atoms with Crippen molar-refractivity contribution in [1.82, 2.24) is 5.32 Å². The van der Waals surface area contributed by atoms with E-state index in [2.05, 4.69) is 5.32 Å². The fraction of sp³-hybridized carbons (Fsp3) is 0.438. The van der Waals surface area contributed by atoms with Gasteiger partial charge in [-0.15, -0.1) is 0 Å². The third kappa shape index (κ3) is 5.95. The molecule has 0 heterocycles. The Morgan fingerprint density at radius 3 is 2.18 bits per heavy atom. The van der Waals surface area contributed by atoms with E-state index in [1.807, 2.05) is 30.3 Å². The van der Waals surface area contributed by atoms with Crippen LogP contribution in [0.5, 0.6) is 0 Å². The Kier molecular flexibility index (Phi) is 6.10. The van der Waals surface area contributed by atoms with Crippen LogP contribution in [0.1, 0.15) is 33.3 Å². The minimum absolute atomic E-state index is 0.241. The van der Waals surface area contributed by atoms with Crippen LogP contribution in [0, 0.1) is 5.41 Å². The maximum atomic E-state index is 12.0. The van der Waals surface area contributed by atoms with E-state index in [4.69, 9.17) is 9.47 Å². The molecule has 120 valence electrons. The van der Waals surface area contributed by atoms with E-state index in [9.17, 15) is 14.4 Å². The van der Waals surface area contributed by atoms with E-state index >= 15 is 0 Å². The molecule has 0 fully saturated rings. The first-order chi connectivity index (χ1) is 10.2. The Bertz CT molecular complexity index is 533. The van der Waals surface area contributed by atoms with Gasteiger partial charge in [-0.3, -0.25) is 14.4 Å². The predicted octanol–water partition coefficient (Wildman–Crippen LogP) is 1.78. The minimum atomic E-state index is -1.59. The summed E-state index contributed by atoms with van der Waals surface area (Å²) in [5.74, 6) is -2.02. The number of amides is 1. The smallest absolute Gasteiger partial charge is 0.326 e. The molecule has 1 amide bonds. The maximum absolute atomic E-state index is 12.0. The highest BCUT2D eigenvalue weighted by molar-refractivity contribution is 5.85. The summed E-state index contributed by atoms with van der Waals surface area (Å²) in [5.41, 5.74) is 0.0672. The lowest BCUT2D eigenvalue weighted by Gasteiger charge is -2.22. The fourth-order valence-corrected chi connectivity index (χ4v) is 1.42. The number of benzene rings is 1. The van der Waals surface area contributed by atoms with E-state index in [1.165, 1.54) is 0 Å². The lowest BCUT2D eigenvalue weighted by atomic mass is 9.97. The summed E-state index contributed by atoms with van der Waals surface area (Å²) >= 11 is 0. The zero-order chi connectivity index (χ0) is 16.8. The summed E-state index contributed by atoms with van der Waals surface area (Å²) in [7, 11) is 0. The summed E-state index contributed by atoms with van der Waals surface area (Å²) in [6.07, 6.45) is -1.59. The van der Waals surface area contributed by atoms with Crippen LogP contribution < -0.4 is 5.32 Å². The van der Waals surface area contributed by atoms with E-state index in [1.54, 1.807) is 20.8 Å². The van der Waals surface area contributed by atoms with Crippen molar-refractivity contribution >= 4 is 17.8 Å². The summed E-state index contributed by atoms with van der Waals surface area (Å²) in [6, 6.07) is 9.21. The van der Waals surface area contributed by atoms with Crippen LogP contribution in [0.25, 0.3) is 0 Å². The Balaban J connectivity index is 2.68. The van der Waals surface area contributed by atoms with Gasteiger partial charge in [-0.05, 0) is 26.3 Å². The monoisotopic (exact) mass is 307 g/mol. The second-order valence-corrected chi connectivity index (χ2v) is 5.80. The molecule has 0 radical (unpaired) electrons. The molecule has 0 aliphatic heterocycles. The second-order valence-electron chi connectivity index (χ2n) is 5.80. The van der Waals surface area contributed by atoms with Crippen molar-refractivity contribution in [3.05, 3.63) is 35.9 Å². The summed E-state index contributed by atoms with van der Waals surface area (Å²) in [6.45, 7) is 6.30. The molecule has 0 saturated heterocycles. The van der Waals surface area contributed by atoms with Gasteiger partial charge in [-0.2, -0.15) is 0 Å². The molecule has 1 unspecified atom stereocenters. The predicted molar refractivity (Wildman–Crippen MR) is 79.4 cm³/mol. The molecule has 6 heteroatoms. The van der Waals surface area contributed by atoms with Gasteiger partial charge in [0.2, 0.25) is 0 Å². The molecule has 1 N–H and O–H groups in total. The Hall–Kier alpha value is -2.37. The van der Waals surface area contributed by atoms with Crippen LogP contribution in [0.2, 0.25) is 0 Å².